The number of phenols is 1. The van der Waals surface area contributed by atoms with Crippen LogP contribution < -0.4 is 20.8 Å². The molecule has 10 heteroatoms. The summed E-state index contributed by atoms with van der Waals surface area (Å²) in [6.45, 7) is 1.44. The van der Waals surface area contributed by atoms with Crippen LogP contribution in [-0.2, 0) is 16.1 Å². The molecule has 0 aliphatic carbocycles. The smallest absolute Gasteiger partial charge is 0.239 e. The first-order valence-electron chi connectivity index (χ1n) is 10.0. The van der Waals surface area contributed by atoms with E-state index in [9.17, 15) is 24.6 Å². The van der Waals surface area contributed by atoms with Gasteiger partial charge in [0.15, 0.2) is 17.3 Å². The van der Waals surface area contributed by atoms with Crippen LogP contribution in [0.1, 0.15) is 35.2 Å². The third-order valence-corrected chi connectivity index (χ3v) is 4.87. The number of methoxy groups -OCH3 is 1. The lowest BCUT2D eigenvalue weighted by atomic mass is 9.91. The first kappa shape index (κ1) is 23.5. The van der Waals surface area contributed by atoms with Crippen LogP contribution in [0, 0.1) is 6.92 Å². The number of rotatable bonds is 9. The molecule has 1 aromatic carbocycles. The van der Waals surface area contributed by atoms with Crippen LogP contribution in [0.3, 0.4) is 0 Å². The lowest BCUT2D eigenvalue weighted by Gasteiger charge is -2.19. The van der Waals surface area contributed by atoms with Crippen LogP contribution in [0.4, 0.5) is 0 Å². The average molecular weight is 456 g/mol. The largest absolute Gasteiger partial charge is 0.504 e. The second kappa shape index (κ2) is 10.4. The van der Waals surface area contributed by atoms with E-state index in [-0.39, 0.29) is 42.5 Å². The summed E-state index contributed by atoms with van der Waals surface area (Å²) in [5, 5.41) is 25.4. The highest BCUT2D eigenvalue weighted by atomic mass is 16.5. The molecule has 0 saturated heterocycles. The number of hydrogen-bond acceptors (Lipinski definition) is 8. The molecular weight excluding hydrogens is 432 g/mol. The zero-order valence-corrected chi connectivity index (χ0v) is 18.1. The highest BCUT2D eigenvalue weighted by Gasteiger charge is 2.27. The quantitative estimate of drug-likeness (QED) is 0.381. The van der Waals surface area contributed by atoms with Crippen LogP contribution in [0.15, 0.2) is 56.3 Å². The second-order valence-electron chi connectivity index (χ2n) is 7.25. The van der Waals surface area contributed by atoms with Crippen LogP contribution in [0.5, 0.6) is 17.2 Å². The molecule has 0 saturated carbocycles. The Kier molecular flexibility index (Phi) is 7.39. The monoisotopic (exact) mass is 456 g/mol. The highest BCUT2D eigenvalue weighted by molar-refractivity contribution is 5.85. The standard InChI is InChI=1S/C23H24N2O8/c1-13-8-18(27)22(30)23(33-13)16(14-5-6-17(26)19(9-14)31-2)10-20(28)25-12-21(29)24-11-15-4-3-7-32-15/h3-9,16,26,30H,10-12H2,1-2H3,(H,24,29)(H,25,28). The minimum absolute atomic E-state index is 0.106. The summed E-state index contributed by atoms with van der Waals surface area (Å²) < 4.78 is 15.8. The third kappa shape index (κ3) is 5.94. The van der Waals surface area contributed by atoms with Crippen molar-refractivity contribution in [2.24, 2.45) is 0 Å². The van der Waals surface area contributed by atoms with E-state index in [4.69, 9.17) is 13.6 Å². The molecule has 3 rings (SSSR count). The summed E-state index contributed by atoms with van der Waals surface area (Å²) in [6.07, 6.45) is 1.24. The summed E-state index contributed by atoms with van der Waals surface area (Å²) in [7, 11) is 1.37. The van der Waals surface area contributed by atoms with Gasteiger partial charge in [-0.2, -0.15) is 0 Å². The van der Waals surface area contributed by atoms with Gasteiger partial charge >= 0.3 is 0 Å². The fourth-order valence-corrected chi connectivity index (χ4v) is 3.23. The van der Waals surface area contributed by atoms with E-state index < -0.39 is 28.9 Å². The van der Waals surface area contributed by atoms with E-state index in [1.807, 2.05) is 0 Å². The van der Waals surface area contributed by atoms with Crippen LogP contribution >= 0.6 is 0 Å². The Morgan fingerprint density at radius 1 is 1.12 bits per heavy atom. The minimum atomic E-state index is -0.890. The van der Waals surface area contributed by atoms with Crippen molar-refractivity contribution in [3.05, 3.63) is 75.7 Å². The topological polar surface area (TPSA) is 151 Å². The molecule has 2 heterocycles. The van der Waals surface area contributed by atoms with E-state index in [2.05, 4.69) is 10.6 Å². The number of benzene rings is 1. The Bertz CT molecular complexity index is 1180. The molecule has 3 aromatic rings. The molecule has 10 nitrogen and oxygen atoms in total. The van der Waals surface area contributed by atoms with Crippen molar-refractivity contribution in [2.75, 3.05) is 13.7 Å². The maximum absolute atomic E-state index is 12.6. The molecule has 2 amide bonds. The Morgan fingerprint density at radius 3 is 2.61 bits per heavy atom. The van der Waals surface area contributed by atoms with Crippen molar-refractivity contribution in [3.8, 4) is 17.2 Å². The number of phenolic OH excluding ortho intramolecular Hbond substituents is 1. The van der Waals surface area contributed by atoms with Gasteiger partial charge in [-0.1, -0.05) is 6.07 Å². The van der Waals surface area contributed by atoms with Crippen molar-refractivity contribution in [1.82, 2.24) is 10.6 Å². The molecule has 1 unspecified atom stereocenters. The van der Waals surface area contributed by atoms with Gasteiger partial charge in [0.1, 0.15) is 11.5 Å². The van der Waals surface area contributed by atoms with Crippen molar-refractivity contribution < 1.29 is 33.4 Å². The number of carbonyl (C=O) groups is 2. The SMILES string of the molecule is COc1cc(C(CC(=O)NCC(=O)NCc2ccco2)c2oc(C)cc(=O)c2O)ccc1O. The summed E-state index contributed by atoms with van der Waals surface area (Å²) in [4.78, 5) is 36.8. The number of hydrogen-bond donors (Lipinski definition) is 4. The zero-order valence-electron chi connectivity index (χ0n) is 18.1. The maximum atomic E-state index is 12.6. The first-order valence-corrected chi connectivity index (χ1v) is 10.0. The Morgan fingerprint density at radius 2 is 1.91 bits per heavy atom. The number of furan rings is 1. The van der Waals surface area contributed by atoms with E-state index in [0.717, 1.165) is 6.07 Å². The van der Waals surface area contributed by atoms with E-state index in [1.54, 1.807) is 19.1 Å². The molecule has 0 aliphatic rings. The molecule has 0 radical (unpaired) electrons. The third-order valence-electron chi connectivity index (χ3n) is 4.87. The minimum Gasteiger partial charge on any atom is -0.504 e. The molecule has 33 heavy (non-hydrogen) atoms. The second-order valence-corrected chi connectivity index (χ2v) is 7.25. The van der Waals surface area contributed by atoms with Crippen molar-refractivity contribution in [1.29, 1.82) is 0 Å². The van der Waals surface area contributed by atoms with Gasteiger partial charge in [-0.25, -0.2) is 0 Å². The molecule has 4 N–H and O–H groups in total. The van der Waals surface area contributed by atoms with Gasteiger partial charge in [0.2, 0.25) is 23.0 Å². The number of amides is 2. The van der Waals surface area contributed by atoms with Gasteiger partial charge in [0.25, 0.3) is 0 Å². The normalized spacial score (nSPS) is 11.6. The molecule has 0 bridgehead atoms. The summed E-state index contributed by atoms with van der Waals surface area (Å²) in [5.41, 5.74) is -0.201. The average Bonchev–Trinajstić information content (AvgIpc) is 3.31. The van der Waals surface area contributed by atoms with Crippen LogP contribution in [-0.4, -0.2) is 35.7 Å². The van der Waals surface area contributed by atoms with E-state index >= 15 is 0 Å². The molecular formula is C23H24N2O8. The van der Waals surface area contributed by atoms with Gasteiger partial charge in [-0.3, -0.25) is 14.4 Å². The van der Waals surface area contributed by atoms with Crippen molar-refractivity contribution in [2.45, 2.75) is 25.8 Å². The van der Waals surface area contributed by atoms with Gasteiger partial charge in [-0.15, -0.1) is 0 Å². The predicted molar refractivity (Wildman–Crippen MR) is 116 cm³/mol. The molecule has 174 valence electrons. The number of ether oxygens (including phenoxy) is 1. The van der Waals surface area contributed by atoms with Crippen LogP contribution in [0.25, 0.3) is 0 Å². The Labute approximate surface area is 188 Å². The van der Waals surface area contributed by atoms with Crippen LogP contribution in [0.2, 0.25) is 0 Å². The van der Waals surface area contributed by atoms with Gasteiger partial charge in [0.05, 0.1) is 32.4 Å². The summed E-state index contributed by atoms with van der Waals surface area (Å²) in [6, 6.07) is 8.90. The fraction of sp³-hybridized carbons (Fsp3) is 0.261. The fourth-order valence-electron chi connectivity index (χ4n) is 3.23. The highest BCUT2D eigenvalue weighted by Crippen LogP contribution is 2.37. The van der Waals surface area contributed by atoms with E-state index in [1.165, 1.54) is 31.6 Å². The van der Waals surface area contributed by atoms with Gasteiger partial charge in [-0.05, 0) is 36.8 Å². The predicted octanol–water partition coefficient (Wildman–Crippen LogP) is 1.92. The molecule has 0 spiro atoms. The zero-order chi connectivity index (χ0) is 24.0. The molecule has 2 aromatic heterocycles. The number of nitrogens with one attached hydrogen (secondary N) is 2. The molecule has 0 fully saturated rings. The van der Waals surface area contributed by atoms with Gasteiger partial charge in [0, 0.05) is 12.5 Å². The van der Waals surface area contributed by atoms with Crippen molar-refractivity contribution in [3.63, 3.8) is 0 Å². The number of aryl methyl sites for hydroxylation is 1. The molecule has 1 atom stereocenters. The maximum Gasteiger partial charge on any atom is 0.239 e. The first-order chi connectivity index (χ1) is 15.8. The summed E-state index contributed by atoms with van der Waals surface area (Å²) in [5.74, 6) is -1.72. The van der Waals surface area contributed by atoms with E-state index in [0.29, 0.717) is 11.3 Å². The van der Waals surface area contributed by atoms with Crippen molar-refractivity contribution >= 4 is 11.8 Å². The molecule has 0 aliphatic heterocycles. The lowest BCUT2D eigenvalue weighted by Crippen LogP contribution is -2.37. The summed E-state index contributed by atoms with van der Waals surface area (Å²) >= 11 is 0. The number of carbonyl (C=O) groups excluding carboxylic acids is 2. The Hall–Kier alpha value is -4.21. The lowest BCUT2D eigenvalue weighted by molar-refractivity contribution is -0.126. The Balaban J connectivity index is 1.78. The van der Waals surface area contributed by atoms with Gasteiger partial charge < -0.3 is 34.4 Å². The number of aromatic hydroxyl groups is 2.